The molecule has 0 saturated heterocycles. The van der Waals surface area contributed by atoms with Crippen molar-refractivity contribution in [1.29, 1.82) is 0 Å². The van der Waals surface area contributed by atoms with E-state index in [2.05, 4.69) is 6.58 Å². The molecule has 5 nitrogen and oxygen atoms in total. The molecule has 7 heteroatoms. The van der Waals surface area contributed by atoms with Gasteiger partial charge in [0, 0.05) is 6.54 Å². The molecular formula is C9H16INO4S. The van der Waals surface area contributed by atoms with Crippen molar-refractivity contribution in [2.45, 2.75) is 4.90 Å². The Hall–Kier alpha value is -0.480. The van der Waals surface area contributed by atoms with Gasteiger partial charge in [-0.25, -0.2) is 0 Å². The van der Waals surface area contributed by atoms with Gasteiger partial charge in [-0.2, -0.15) is 8.42 Å². The summed E-state index contributed by atoms with van der Waals surface area (Å²) in [4.78, 5) is -0.0741. The third kappa shape index (κ3) is 10.1. The van der Waals surface area contributed by atoms with Crippen molar-refractivity contribution in [2.24, 2.45) is 5.73 Å². The molecule has 0 saturated carbocycles. The predicted octanol–water partition coefficient (Wildman–Crippen LogP) is 0.858. The van der Waals surface area contributed by atoms with E-state index in [1.807, 2.05) is 0 Å². The Bertz CT molecular complexity index is 366. The normalized spacial score (nSPS) is 8.62. The minimum atomic E-state index is -4.00. The van der Waals surface area contributed by atoms with E-state index in [0.717, 1.165) is 0 Å². The van der Waals surface area contributed by atoms with Crippen LogP contribution in [0.15, 0.2) is 47.9 Å². The van der Waals surface area contributed by atoms with Crippen LogP contribution in [0.2, 0.25) is 0 Å². The van der Waals surface area contributed by atoms with Gasteiger partial charge in [0.1, 0.15) is 0 Å². The van der Waals surface area contributed by atoms with Gasteiger partial charge < -0.3 is 11.2 Å². The van der Waals surface area contributed by atoms with Crippen LogP contribution in [-0.4, -0.2) is 25.0 Å². The standard InChI is InChI=1S/C6H6O3S.C3H7N.HI.H2O/c7-10(8,9)6-4-2-1-3-5-6;1-2-3-4;;/h1-5H,(H,7,8,9);2H,1,3-4H2;1H;1H2. The van der Waals surface area contributed by atoms with Gasteiger partial charge in [0.2, 0.25) is 0 Å². The molecule has 0 fully saturated rings. The maximum Gasteiger partial charge on any atom is 0.294 e. The predicted molar refractivity (Wildman–Crippen MR) is 74.5 cm³/mol. The molecule has 0 unspecified atom stereocenters. The maximum absolute atomic E-state index is 10.4. The fourth-order valence-electron chi connectivity index (χ4n) is 0.592. The summed E-state index contributed by atoms with van der Waals surface area (Å²) in [7, 11) is -4.00. The summed E-state index contributed by atoms with van der Waals surface area (Å²) in [6, 6.07) is 7.42. The van der Waals surface area contributed by atoms with E-state index < -0.39 is 10.1 Å². The topological polar surface area (TPSA) is 112 Å². The summed E-state index contributed by atoms with van der Waals surface area (Å²) in [5, 5.41) is 0. The monoisotopic (exact) mass is 361 g/mol. The molecule has 94 valence electrons. The van der Waals surface area contributed by atoms with Crippen LogP contribution in [-0.2, 0) is 10.1 Å². The van der Waals surface area contributed by atoms with Crippen molar-refractivity contribution in [3.05, 3.63) is 43.0 Å². The molecule has 0 radical (unpaired) electrons. The molecule has 0 bridgehead atoms. The van der Waals surface area contributed by atoms with Crippen LogP contribution in [0.1, 0.15) is 0 Å². The Morgan fingerprint density at radius 2 is 1.69 bits per heavy atom. The molecule has 0 spiro atoms. The highest BCUT2D eigenvalue weighted by Gasteiger charge is 2.05. The molecule has 0 amide bonds. The fraction of sp³-hybridized carbons (Fsp3) is 0.111. The van der Waals surface area contributed by atoms with Crippen LogP contribution >= 0.6 is 24.0 Å². The van der Waals surface area contributed by atoms with Gasteiger partial charge >= 0.3 is 0 Å². The van der Waals surface area contributed by atoms with Crippen LogP contribution in [0.3, 0.4) is 0 Å². The second-order valence-electron chi connectivity index (χ2n) is 2.31. The molecular weight excluding hydrogens is 345 g/mol. The third-order valence-electron chi connectivity index (χ3n) is 1.21. The third-order valence-corrected chi connectivity index (χ3v) is 2.08. The average Bonchev–Trinajstić information content (AvgIpc) is 2.18. The average molecular weight is 361 g/mol. The molecule has 0 aliphatic heterocycles. The van der Waals surface area contributed by atoms with Crippen LogP contribution in [0.5, 0.6) is 0 Å². The van der Waals surface area contributed by atoms with E-state index in [-0.39, 0.29) is 34.3 Å². The molecule has 1 aromatic rings. The smallest absolute Gasteiger partial charge is 0.294 e. The maximum atomic E-state index is 10.4. The first-order valence-corrected chi connectivity index (χ1v) is 5.30. The Kier molecular flexibility index (Phi) is 14.4. The van der Waals surface area contributed by atoms with Gasteiger partial charge in [0.25, 0.3) is 10.1 Å². The largest absolute Gasteiger partial charge is 0.412 e. The first kappa shape index (κ1) is 20.9. The van der Waals surface area contributed by atoms with Gasteiger partial charge in [-0.05, 0) is 12.1 Å². The minimum Gasteiger partial charge on any atom is -0.412 e. The molecule has 5 N–H and O–H groups in total. The van der Waals surface area contributed by atoms with Crippen molar-refractivity contribution in [3.8, 4) is 0 Å². The summed E-state index contributed by atoms with van der Waals surface area (Å²) < 4.78 is 29.2. The molecule has 0 aromatic heterocycles. The van der Waals surface area contributed by atoms with E-state index in [9.17, 15) is 8.42 Å². The first-order chi connectivity index (χ1) is 6.52. The van der Waals surface area contributed by atoms with E-state index in [1.165, 1.54) is 12.1 Å². The molecule has 0 atom stereocenters. The minimum absolute atomic E-state index is 0. The van der Waals surface area contributed by atoms with Gasteiger partial charge in [-0.1, -0.05) is 24.3 Å². The lowest BCUT2D eigenvalue weighted by molar-refractivity contribution is 0.483. The summed E-state index contributed by atoms with van der Waals surface area (Å²) in [6.07, 6.45) is 1.65. The summed E-state index contributed by atoms with van der Waals surface area (Å²) in [5.41, 5.74) is 4.91. The van der Waals surface area contributed by atoms with Gasteiger partial charge in [-0.3, -0.25) is 4.55 Å². The lowest BCUT2D eigenvalue weighted by Crippen LogP contribution is -1.96. The van der Waals surface area contributed by atoms with Crippen LogP contribution in [0.25, 0.3) is 0 Å². The number of nitrogens with two attached hydrogens (primary N) is 1. The van der Waals surface area contributed by atoms with Gasteiger partial charge in [0.15, 0.2) is 0 Å². The van der Waals surface area contributed by atoms with Crippen molar-refractivity contribution in [1.82, 2.24) is 0 Å². The number of halogens is 1. The fourth-order valence-corrected chi connectivity index (χ4v) is 1.09. The molecule has 1 rings (SSSR count). The van der Waals surface area contributed by atoms with E-state index in [4.69, 9.17) is 10.3 Å². The Labute approximate surface area is 112 Å². The lowest BCUT2D eigenvalue weighted by atomic mass is 10.4. The van der Waals surface area contributed by atoms with Crippen molar-refractivity contribution in [2.75, 3.05) is 6.54 Å². The highest BCUT2D eigenvalue weighted by Crippen LogP contribution is 2.05. The summed E-state index contributed by atoms with van der Waals surface area (Å²) in [5.74, 6) is 0. The lowest BCUT2D eigenvalue weighted by Gasteiger charge is -1.92. The van der Waals surface area contributed by atoms with Gasteiger partial charge in [-0.15, -0.1) is 30.6 Å². The van der Waals surface area contributed by atoms with E-state index >= 15 is 0 Å². The van der Waals surface area contributed by atoms with Crippen LogP contribution in [0, 0.1) is 0 Å². The van der Waals surface area contributed by atoms with E-state index in [0.29, 0.717) is 6.54 Å². The second-order valence-corrected chi connectivity index (χ2v) is 3.73. The Balaban J connectivity index is -0.000000249. The van der Waals surface area contributed by atoms with Gasteiger partial charge in [0.05, 0.1) is 4.90 Å². The molecule has 0 aliphatic carbocycles. The molecule has 16 heavy (non-hydrogen) atoms. The molecule has 0 heterocycles. The number of rotatable bonds is 2. The van der Waals surface area contributed by atoms with Crippen molar-refractivity contribution in [3.63, 3.8) is 0 Å². The number of benzene rings is 1. The number of hydrogen-bond donors (Lipinski definition) is 2. The Morgan fingerprint density at radius 1 is 1.31 bits per heavy atom. The quantitative estimate of drug-likeness (QED) is 0.462. The van der Waals surface area contributed by atoms with Crippen LogP contribution < -0.4 is 5.73 Å². The summed E-state index contributed by atoms with van der Waals surface area (Å²) in [6.45, 7) is 3.94. The second kappa shape index (κ2) is 11.0. The van der Waals surface area contributed by atoms with Crippen molar-refractivity contribution >= 4 is 34.1 Å². The van der Waals surface area contributed by atoms with Crippen LogP contribution in [0.4, 0.5) is 0 Å². The zero-order valence-corrected chi connectivity index (χ0v) is 11.7. The first-order valence-electron chi connectivity index (χ1n) is 3.86. The summed E-state index contributed by atoms with van der Waals surface area (Å²) >= 11 is 0. The van der Waals surface area contributed by atoms with Crippen molar-refractivity contribution < 1.29 is 18.4 Å². The highest BCUT2D eigenvalue weighted by molar-refractivity contribution is 14.0. The molecule has 1 aromatic carbocycles. The zero-order valence-electron chi connectivity index (χ0n) is 8.54. The Morgan fingerprint density at radius 3 is 1.88 bits per heavy atom. The zero-order chi connectivity index (χ0) is 11.0. The number of hydrogen-bond acceptors (Lipinski definition) is 3. The molecule has 0 aliphatic rings. The van der Waals surface area contributed by atoms with E-state index in [1.54, 1.807) is 24.3 Å². The SMILES string of the molecule is C=CCN.I.O.O=S(=O)(O)c1ccccc1. The highest BCUT2D eigenvalue weighted by atomic mass is 127.